The minimum absolute atomic E-state index is 0.355. The van der Waals surface area contributed by atoms with Crippen molar-refractivity contribution in [1.29, 1.82) is 0 Å². The van der Waals surface area contributed by atoms with Crippen LogP contribution in [0.2, 0.25) is 0 Å². The van der Waals surface area contributed by atoms with E-state index >= 15 is 0 Å². The van der Waals surface area contributed by atoms with Gasteiger partial charge in [-0.15, -0.1) is 0 Å². The van der Waals surface area contributed by atoms with Crippen LogP contribution in [0.3, 0.4) is 0 Å². The molecule has 1 aromatic carbocycles. The van der Waals surface area contributed by atoms with Crippen LogP contribution in [-0.4, -0.2) is 11.7 Å². The predicted octanol–water partition coefficient (Wildman–Crippen LogP) is 3.76. The maximum absolute atomic E-state index is 11.6. The summed E-state index contributed by atoms with van der Waals surface area (Å²) in [6.07, 6.45) is -0.469. The molecule has 0 radical (unpaired) electrons. The topological polar surface area (TPSA) is 42.7 Å². The minimum Gasteiger partial charge on any atom is -0.444 e. The highest BCUT2D eigenvalue weighted by Gasteiger charge is 2.16. The van der Waals surface area contributed by atoms with Crippen LogP contribution in [0, 0.1) is 13.5 Å². The van der Waals surface area contributed by atoms with E-state index in [1.807, 2.05) is 39.8 Å². The standard InChI is InChI=1S/C14H18N2O2/c1-10-8-11(9-15-5)6-7-12(10)16-13(17)18-14(2,3)4/h6-8H,9H2,1-4H3,(H,16,17). The highest BCUT2D eigenvalue weighted by atomic mass is 16.6. The van der Waals surface area contributed by atoms with Gasteiger partial charge in [-0.1, -0.05) is 0 Å². The molecule has 96 valence electrons. The zero-order valence-corrected chi connectivity index (χ0v) is 11.2. The van der Waals surface area contributed by atoms with Gasteiger partial charge < -0.3 is 9.58 Å². The lowest BCUT2D eigenvalue weighted by atomic mass is 10.1. The summed E-state index contributed by atoms with van der Waals surface area (Å²) >= 11 is 0. The fourth-order valence-electron chi connectivity index (χ4n) is 1.47. The SMILES string of the molecule is [C-]#[N+]Cc1ccc(NC(=O)OC(C)(C)C)c(C)c1. The molecule has 0 spiro atoms. The molecule has 0 aliphatic rings. The second-order valence-electron chi connectivity index (χ2n) is 5.09. The van der Waals surface area contributed by atoms with E-state index in [2.05, 4.69) is 10.2 Å². The third-order valence-electron chi connectivity index (χ3n) is 2.19. The van der Waals surface area contributed by atoms with Crippen molar-refractivity contribution in [3.05, 3.63) is 40.7 Å². The number of ether oxygens (including phenoxy) is 1. The Morgan fingerprint density at radius 1 is 1.44 bits per heavy atom. The number of anilines is 1. The number of hydrogen-bond acceptors (Lipinski definition) is 2. The third kappa shape index (κ3) is 4.46. The fourth-order valence-corrected chi connectivity index (χ4v) is 1.47. The third-order valence-corrected chi connectivity index (χ3v) is 2.19. The van der Waals surface area contributed by atoms with Crippen LogP contribution in [0.4, 0.5) is 10.5 Å². The highest BCUT2D eigenvalue weighted by Crippen LogP contribution is 2.18. The van der Waals surface area contributed by atoms with Crippen LogP contribution in [0.15, 0.2) is 18.2 Å². The normalized spacial score (nSPS) is 10.6. The van der Waals surface area contributed by atoms with E-state index in [0.29, 0.717) is 12.2 Å². The second kappa shape index (κ2) is 5.54. The van der Waals surface area contributed by atoms with E-state index in [9.17, 15) is 4.79 Å². The molecule has 4 nitrogen and oxygen atoms in total. The number of rotatable bonds is 2. The number of nitrogens with zero attached hydrogens (tertiary/aromatic N) is 1. The first-order valence-electron chi connectivity index (χ1n) is 5.74. The van der Waals surface area contributed by atoms with Gasteiger partial charge in [-0.3, -0.25) is 5.32 Å². The Balaban J connectivity index is 2.74. The second-order valence-corrected chi connectivity index (χ2v) is 5.09. The van der Waals surface area contributed by atoms with Crippen molar-refractivity contribution in [3.63, 3.8) is 0 Å². The molecule has 0 atom stereocenters. The summed E-state index contributed by atoms with van der Waals surface area (Å²) in [5.74, 6) is 0. The molecule has 0 saturated heterocycles. The molecule has 0 aliphatic heterocycles. The van der Waals surface area contributed by atoms with Crippen molar-refractivity contribution in [1.82, 2.24) is 0 Å². The van der Waals surface area contributed by atoms with Crippen molar-refractivity contribution in [2.45, 2.75) is 39.8 Å². The van der Waals surface area contributed by atoms with E-state index < -0.39 is 11.7 Å². The van der Waals surface area contributed by atoms with Crippen LogP contribution in [0.1, 0.15) is 31.9 Å². The molecule has 1 N–H and O–H groups in total. The molecule has 0 heterocycles. The number of amides is 1. The van der Waals surface area contributed by atoms with Crippen molar-refractivity contribution in [2.75, 3.05) is 5.32 Å². The van der Waals surface area contributed by atoms with E-state index in [1.165, 1.54) is 0 Å². The van der Waals surface area contributed by atoms with Crippen molar-refractivity contribution in [2.24, 2.45) is 0 Å². The summed E-state index contributed by atoms with van der Waals surface area (Å²) in [6.45, 7) is 14.5. The van der Waals surface area contributed by atoms with E-state index in [-0.39, 0.29) is 0 Å². The Labute approximate surface area is 108 Å². The Morgan fingerprint density at radius 2 is 2.11 bits per heavy atom. The molecule has 18 heavy (non-hydrogen) atoms. The lowest BCUT2D eigenvalue weighted by Crippen LogP contribution is -2.27. The van der Waals surface area contributed by atoms with Crippen molar-refractivity contribution in [3.8, 4) is 0 Å². The molecule has 1 rings (SSSR count). The summed E-state index contributed by atoms with van der Waals surface area (Å²) in [4.78, 5) is 14.9. The van der Waals surface area contributed by atoms with Gasteiger partial charge in [-0.2, -0.15) is 0 Å². The quantitative estimate of drug-likeness (QED) is 0.807. The number of carbonyl (C=O) groups excluding carboxylic acids is 1. The van der Waals surface area contributed by atoms with Gasteiger partial charge in [-0.05, 0) is 51.5 Å². The maximum Gasteiger partial charge on any atom is 0.412 e. The lowest BCUT2D eigenvalue weighted by molar-refractivity contribution is 0.0636. The molecule has 0 aliphatic carbocycles. The molecular weight excluding hydrogens is 228 g/mol. The van der Waals surface area contributed by atoms with Gasteiger partial charge in [0.15, 0.2) is 0 Å². The molecule has 0 saturated carbocycles. The summed E-state index contributed by atoms with van der Waals surface area (Å²) in [6, 6.07) is 5.52. The number of carbonyl (C=O) groups is 1. The first-order chi connectivity index (χ1) is 8.31. The predicted molar refractivity (Wildman–Crippen MR) is 71.3 cm³/mol. The van der Waals surface area contributed by atoms with E-state index in [0.717, 1.165) is 11.1 Å². The summed E-state index contributed by atoms with van der Waals surface area (Å²) in [5, 5.41) is 2.70. The average molecular weight is 246 g/mol. The number of benzene rings is 1. The van der Waals surface area contributed by atoms with Crippen molar-refractivity contribution < 1.29 is 9.53 Å². The first-order valence-corrected chi connectivity index (χ1v) is 5.74. The highest BCUT2D eigenvalue weighted by molar-refractivity contribution is 5.85. The molecule has 4 heteroatoms. The van der Waals surface area contributed by atoms with Crippen molar-refractivity contribution >= 4 is 11.8 Å². The maximum atomic E-state index is 11.6. The van der Waals surface area contributed by atoms with Gasteiger partial charge in [0.1, 0.15) is 5.60 Å². The van der Waals surface area contributed by atoms with E-state index in [1.54, 1.807) is 6.07 Å². The van der Waals surface area contributed by atoms with Gasteiger partial charge in [0.25, 0.3) is 0 Å². The summed E-state index contributed by atoms with van der Waals surface area (Å²) in [5.41, 5.74) is 2.06. The molecule has 0 aromatic heterocycles. The molecule has 1 amide bonds. The molecular formula is C14H18N2O2. The van der Waals surface area contributed by atoms with Gasteiger partial charge in [-0.25, -0.2) is 11.4 Å². The number of hydrogen-bond donors (Lipinski definition) is 1. The Kier molecular flexibility index (Phi) is 4.33. The average Bonchev–Trinajstić information content (AvgIpc) is 2.20. The molecule has 0 fully saturated rings. The van der Waals surface area contributed by atoms with Crippen LogP contribution in [-0.2, 0) is 11.3 Å². The lowest BCUT2D eigenvalue weighted by Gasteiger charge is -2.20. The zero-order chi connectivity index (χ0) is 13.8. The monoisotopic (exact) mass is 246 g/mol. The fraction of sp³-hybridized carbons (Fsp3) is 0.429. The first kappa shape index (κ1) is 14.0. The summed E-state index contributed by atoms with van der Waals surface area (Å²) in [7, 11) is 0. The van der Waals surface area contributed by atoms with Crippen LogP contribution in [0.5, 0.6) is 0 Å². The van der Waals surface area contributed by atoms with Crippen LogP contribution in [0.25, 0.3) is 4.85 Å². The molecule has 0 bridgehead atoms. The molecule has 1 aromatic rings. The van der Waals surface area contributed by atoms with Crippen LogP contribution < -0.4 is 5.32 Å². The Hall–Kier alpha value is -2.02. The zero-order valence-electron chi connectivity index (χ0n) is 11.2. The summed E-state index contributed by atoms with van der Waals surface area (Å²) < 4.78 is 5.18. The number of aryl methyl sites for hydroxylation is 1. The Bertz CT molecular complexity index is 482. The largest absolute Gasteiger partial charge is 0.444 e. The van der Waals surface area contributed by atoms with Crippen LogP contribution >= 0.6 is 0 Å². The van der Waals surface area contributed by atoms with Gasteiger partial charge in [0.05, 0.1) is 0 Å². The van der Waals surface area contributed by atoms with Gasteiger partial charge in [0.2, 0.25) is 6.54 Å². The molecule has 0 unspecified atom stereocenters. The van der Waals surface area contributed by atoms with E-state index in [4.69, 9.17) is 11.3 Å². The van der Waals surface area contributed by atoms with Gasteiger partial charge >= 0.3 is 6.09 Å². The smallest absolute Gasteiger partial charge is 0.412 e. The Morgan fingerprint density at radius 3 is 2.61 bits per heavy atom. The minimum atomic E-state index is -0.512. The van der Waals surface area contributed by atoms with Gasteiger partial charge in [0, 0.05) is 11.3 Å². The number of nitrogens with one attached hydrogen (secondary N) is 1.